The lowest BCUT2D eigenvalue weighted by Gasteiger charge is -2.07. The second-order valence-corrected chi connectivity index (χ2v) is 4.37. The third kappa shape index (κ3) is 3.33. The van der Waals surface area contributed by atoms with Crippen LogP contribution in [0, 0.1) is 0 Å². The molecule has 0 radical (unpaired) electrons. The standard InChI is InChI=1S/C13H11NO4S/c14-17-18-19-12-4-2-1-3-11(12)9-5-7-10(8-6-9)13(15)16/h1-8H,14H2,(H,15,16). The van der Waals surface area contributed by atoms with E-state index in [1.165, 1.54) is 0 Å². The maximum absolute atomic E-state index is 10.8. The average molecular weight is 277 g/mol. The SMILES string of the molecule is NOOSc1ccccc1-c1ccc(C(=O)O)cc1. The number of carboxylic acid groups (broad SMARTS) is 1. The highest BCUT2D eigenvalue weighted by atomic mass is 32.2. The smallest absolute Gasteiger partial charge is 0.335 e. The molecule has 0 unspecified atom stereocenters. The van der Waals surface area contributed by atoms with Crippen LogP contribution in [0.3, 0.4) is 0 Å². The van der Waals surface area contributed by atoms with Crippen LogP contribution in [-0.4, -0.2) is 11.1 Å². The fourth-order valence-electron chi connectivity index (χ4n) is 1.63. The minimum Gasteiger partial charge on any atom is -0.478 e. The van der Waals surface area contributed by atoms with E-state index in [0.717, 1.165) is 28.1 Å². The molecule has 2 rings (SSSR count). The highest BCUT2D eigenvalue weighted by molar-refractivity contribution is 7.94. The summed E-state index contributed by atoms with van der Waals surface area (Å²) in [6.07, 6.45) is 0. The Kier molecular flexibility index (Phi) is 4.53. The minimum atomic E-state index is -0.950. The van der Waals surface area contributed by atoms with Crippen molar-refractivity contribution >= 4 is 18.0 Å². The first-order chi connectivity index (χ1) is 9.22. The molecule has 5 nitrogen and oxygen atoms in total. The quantitative estimate of drug-likeness (QED) is 0.497. The van der Waals surface area contributed by atoms with Crippen molar-refractivity contribution in [3.8, 4) is 11.1 Å². The number of rotatable bonds is 5. The lowest BCUT2D eigenvalue weighted by molar-refractivity contribution is -0.195. The maximum Gasteiger partial charge on any atom is 0.335 e. The van der Waals surface area contributed by atoms with E-state index in [0.29, 0.717) is 0 Å². The van der Waals surface area contributed by atoms with Gasteiger partial charge in [0, 0.05) is 4.90 Å². The van der Waals surface area contributed by atoms with Crippen LogP contribution in [0.25, 0.3) is 11.1 Å². The maximum atomic E-state index is 10.8. The summed E-state index contributed by atoms with van der Waals surface area (Å²) in [4.78, 5) is 15.7. The largest absolute Gasteiger partial charge is 0.478 e. The summed E-state index contributed by atoms with van der Waals surface area (Å²) in [6.45, 7) is 0. The van der Waals surface area contributed by atoms with Crippen molar-refractivity contribution in [3.63, 3.8) is 0 Å². The first-order valence-corrected chi connectivity index (χ1v) is 6.09. The molecule has 98 valence electrons. The number of hydrogen-bond donors (Lipinski definition) is 2. The Labute approximate surface area is 114 Å². The van der Waals surface area contributed by atoms with Crippen molar-refractivity contribution in [2.45, 2.75) is 4.90 Å². The van der Waals surface area contributed by atoms with E-state index in [4.69, 9.17) is 11.0 Å². The van der Waals surface area contributed by atoms with Gasteiger partial charge in [-0.3, -0.25) is 0 Å². The van der Waals surface area contributed by atoms with Gasteiger partial charge in [0.25, 0.3) is 0 Å². The van der Waals surface area contributed by atoms with E-state index >= 15 is 0 Å². The normalized spacial score (nSPS) is 10.4. The number of hydrogen-bond acceptors (Lipinski definition) is 5. The van der Waals surface area contributed by atoms with Gasteiger partial charge in [-0.2, -0.15) is 5.90 Å². The van der Waals surface area contributed by atoms with Crippen LogP contribution in [-0.2, 0) is 9.32 Å². The molecule has 0 saturated carbocycles. The Morgan fingerprint density at radius 2 is 1.79 bits per heavy atom. The lowest BCUT2D eigenvalue weighted by atomic mass is 10.0. The van der Waals surface area contributed by atoms with Gasteiger partial charge in [-0.25, -0.2) is 4.79 Å². The van der Waals surface area contributed by atoms with Gasteiger partial charge >= 0.3 is 5.97 Å². The van der Waals surface area contributed by atoms with Gasteiger partial charge in [-0.1, -0.05) is 30.3 Å². The van der Waals surface area contributed by atoms with E-state index in [-0.39, 0.29) is 5.56 Å². The number of nitrogens with two attached hydrogens (primary N) is 1. The summed E-state index contributed by atoms with van der Waals surface area (Å²) in [5, 5.41) is 8.86. The summed E-state index contributed by atoms with van der Waals surface area (Å²) in [5.41, 5.74) is 2.03. The molecule has 0 saturated heterocycles. The van der Waals surface area contributed by atoms with Crippen LogP contribution < -0.4 is 5.90 Å². The summed E-state index contributed by atoms with van der Waals surface area (Å²) >= 11 is 0.989. The van der Waals surface area contributed by atoms with Gasteiger partial charge in [-0.15, -0.1) is 9.32 Å². The molecule has 0 heterocycles. The molecule has 0 atom stereocenters. The first kappa shape index (κ1) is 13.6. The summed E-state index contributed by atoms with van der Waals surface area (Å²) < 4.78 is 4.64. The molecule has 0 aliphatic heterocycles. The molecule has 0 aliphatic rings. The van der Waals surface area contributed by atoms with Gasteiger partial charge in [0.15, 0.2) is 0 Å². The number of benzene rings is 2. The fraction of sp³-hybridized carbons (Fsp3) is 0. The van der Waals surface area contributed by atoms with Crippen LogP contribution in [0.15, 0.2) is 53.4 Å². The Balaban J connectivity index is 2.32. The van der Waals surface area contributed by atoms with Gasteiger partial charge in [0.05, 0.1) is 17.6 Å². The second kappa shape index (κ2) is 6.35. The third-order valence-corrected chi connectivity index (χ3v) is 3.18. The Morgan fingerprint density at radius 3 is 2.42 bits per heavy atom. The van der Waals surface area contributed by atoms with Crippen LogP contribution in [0.2, 0.25) is 0 Å². The zero-order chi connectivity index (χ0) is 13.7. The van der Waals surface area contributed by atoms with Crippen LogP contribution in [0.5, 0.6) is 0 Å². The van der Waals surface area contributed by atoms with Gasteiger partial charge < -0.3 is 5.11 Å². The molecule has 0 aliphatic carbocycles. The Morgan fingerprint density at radius 1 is 1.11 bits per heavy atom. The van der Waals surface area contributed by atoms with E-state index in [1.54, 1.807) is 24.3 Å². The van der Waals surface area contributed by atoms with Crippen molar-refractivity contribution < 1.29 is 19.2 Å². The number of aromatic carboxylic acids is 1. The van der Waals surface area contributed by atoms with E-state index in [2.05, 4.69) is 9.32 Å². The molecule has 2 aromatic carbocycles. The van der Waals surface area contributed by atoms with Crippen LogP contribution >= 0.6 is 12.0 Å². The average Bonchev–Trinajstić information content (AvgIpc) is 2.45. The Bertz CT molecular complexity index is 571. The zero-order valence-corrected chi connectivity index (χ0v) is 10.6. The van der Waals surface area contributed by atoms with Crippen molar-refractivity contribution in [1.82, 2.24) is 0 Å². The number of carboxylic acids is 1. The molecule has 0 amide bonds. The zero-order valence-electron chi connectivity index (χ0n) is 9.78. The molecule has 0 fully saturated rings. The minimum absolute atomic E-state index is 0.246. The molecule has 19 heavy (non-hydrogen) atoms. The van der Waals surface area contributed by atoms with Gasteiger partial charge in [0.1, 0.15) is 0 Å². The second-order valence-electron chi connectivity index (χ2n) is 3.63. The predicted molar refractivity (Wildman–Crippen MR) is 71.1 cm³/mol. The van der Waals surface area contributed by atoms with Gasteiger partial charge in [-0.05, 0) is 29.3 Å². The van der Waals surface area contributed by atoms with E-state index < -0.39 is 5.97 Å². The van der Waals surface area contributed by atoms with Crippen molar-refractivity contribution in [3.05, 3.63) is 54.1 Å². The monoisotopic (exact) mass is 277 g/mol. The Hall–Kier alpha value is -1.86. The highest BCUT2D eigenvalue weighted by Crippen LogP contribution is 2.31. The summed E-state index contributed by atoms with van der Waals surface area (Å²) in [5.74, 6) is 3.86. The van der Waals surface area contributed by atoms with Crippen molar-refractivity contribution in [2.75, 3.05) is 0 Å². The molecule has 6 heteroatoms. The first-order valence-electron chi connectivity index (χ1n) is 5.35. The fourth-order valence-corrected chi connectivity index (χ4v) is 2.15. The predicted octanol–water partition coefficient (Wildman–Crippen LogP) is 2.88. The molecule has 0 spiro atoms. The van der Waals surface area contributed by atoms with Crippen molar-refractivity contribution in [1.29, 1.82) is 0 Å². The topological polar surface area (TPSA) is 81.8 Å². The summed E-state index contributed by atoms with van der Waals surface area (Å²) in [7, 11) is 0. The molecule has 0 bridgehead atoms. The molecule has 3 N–H and O–H groups in total. The highest BCUT2D eigenvalue weighted by Gasteiger charge is 2.08. The molecule has 0 aromatic heterocycles. The van der Waals surface area contributed by atoms with E-state index in [1.807, 2.05) is 24.3 Å². The van der Waals surface area contributed by atoms with Crippen LogP contribution in [0.1, 0.15) is 10.4 Å². The van der Waals surface area contributed by atoms with Crippen molar-refractivity contribution in [2.24, 2.45) is 5.90 Å². The van der Waals surface area contributed by atoms with Gasteiger partial charge in [0.2, 0.25) is 0 Å². The third-order valence-electron chi connectivity index (χ3n) is 2.49. The lowest BCUT2D eigenvalue weighted by Crippen LogP contribution is -1.96. The molecule has 2 aromatic rings. The number of carbonyl (C=O) groups is 1. The van der Waals surface area contributed by atoms with E-state index in [9.17, 15) is 4.79 Å². The van der Waals surface area contributed by atoms with Crippen LogP contribution in [0.4, 0.5) is 0 Å². The molecular formula is C13H11NO4S. The molecular weight excluding hydrogens is 266 g/mol. The summed E-state index contributed by atoms with van der Waals surface area (Å²) in [6, 6.07) is 14.1.